The molecule has 13 nitrogen and oxygen atoms in total. The molecule has 4 heterocycles. The van der Waals surface area contributed by atoms with Crippen molar-refractivity contribution in [1.29, 1.82) is 0 Å². The van der Waals surface area contributed by atoms with E-state index in [2.05, 4.69) is 30.6 Å². The van der Waals surface area contributed by atoms with Crippen molar-refractivity contribution >= 4 is 74.7 Å². The number of hydrogen-bond acceptors (Lipinski definition) is 11. The molecule has 0 amide bonds. The molecule has 0 saturated carbocycles. The topological polar surface area (TPSA) is 137 Å². The Morgan fingerprint density at radius 2 is 1.46 bits per heavy atom. The van der Waals surface area contributed by atoms with E-state index in [1.54, 1.807) is 12.1 Å². The molecular weight excluding hydrogens is 1030 g/mol. The summed E-state index contributed by atoms with van der Waals surface area (Å²) in [5.41, 5.74) is 0.539. The van der Waals surface area contributed by atoms with E-state index < -0.39 is 39.8 Å². The van der Waals surface area contributed by atoms with Crippen molar-refractivity contribution in [2.45, 2.75) is 54.6 Å². The fraction of sp³-hybridized carbons (Fsp3) is 0.352. The first-order chi connectivity index (χ1) is 35.4. The number of hydrogen-bond donors (Lipinski definition) is 2. The van der Waals surface area contributed by atoms with Crippen molar-refractivity contribution in [3.63, 3.8) is 0 Å². The second kappa shape index (κ2) is 22.4. The minimum Gasteiger partial charge on any atom is -0.478 e. The number of thioether (sulfide) groups is 1. The quantitative estimate of drug-likeness (QED) is 0.0663. The van der Waals surface area contributed by atoms with Gasteiger partial charge in [-0.15, -0.1) is 11.8 Å². The first-order valence-electron chi connectivity index (χ1n) is 24.6. The fourth-order valence-corrected chi connectivity index (χ4v) is 14.5. The maximum Gasteiger partial charge on any atom is 0.501 e. The molecule has 0 radical (unpaired) electrons. The molecule has 1 aromatic heterocycles. The lowest BCUT2D eigenvalue weighted by molar-refractivity contribution is -0.0435. The Balaban J connectivity index is 0.924. The van der Waals surface area contributed by atoms with E-state index in [0.717, 1.165) is 39.2 Å². The van der Waals surface area contributed by atoms with Crippen molar-refractivity contribution < 1.29 is 45.3 Å². The molecule has 0 bridgehead atoms. The van der Waals surface area contributed by atoms with Crippen LogP contribution in [0.15, 0.2) is 131 Å². The number of carboxylic acid groups (broad SMARTS) is 1. The first-order valence-corrected chi connectivity index (χ1v) is 29.0. The second-order valence-electron chi connectivity index (χ2n) is 18.8. The summed E-state index contributed by atoms with van der Waals surface area (Å²) in [5.74, 6) is -0.562. The van der Waals surface area contributed by atoms with Crippen LogP contribution >= 0.6 is 30.9 Å². The molecule has 392 valence electrons. The molecule has 2 N–H and O–H groups in total. The minimum absolute atomic E-state index is 0.00703. The van der Waals surface area contributed by atoms with Crippen LogP contribution in [0.2, 0.25) is 5.02 Å². The van der Waals surface area contributed by atoms with Crippen LogP contribution in [-0.2, 0) is 23.7 Å². The SMILES string of the molecule is Cc1c(C(=O)O)c(-c2cccc(N3CCN(c4ccc(N5CCO[P@@]5(=O)c5ccc(N[C@H](CCN6CCOCC6)CSc6ccccc6)c(S(=O)(=O)C(F)(F)F)c5)cc4)CC3)c2)c(-c2ccc(Cl)cc2)n1C(C)C. The zero-order chi connectivity index (χ0) is 52.4. The van der Waals surface area contributed by atoms with Gasteiger partial charge in [0, 0.05) is 102 Å². The molecule has 6 aromatic rings. The predicted molar refractivity (Wildman–Crippen MR) is 290 cm³/mol. The number of benzene rings is 5. The van der Waals surface area contributed by atoms with Crippen molar-refractivity contribution in [2.75, 3.05) is 97.7 Å². The van der Waals surface area contributed by atoms with Gasteiger partial charge >= 0.3 is 19.0 Å². The molecule has 3 fully saturated rings. The molecule has 9 rings (SSSR count). The average Bonchev–Trinajstić information content (AvgIpc) is 3.95. The van der Waals surface area contributed by atoms with E-state index >= 15 is 0 Å². The fourth-order valence-electron chi connectivity index (χ4n) is 10.1. The minimum atomic E-state index is -5.92. The van der Waals surface area contributed by atoms with Crippen LogP contribution in [0.4, 0.5) is 35.9 Å². The Bertz CT molecular complexity index is 3120. The third kappa shape index (κ3) is 11.2. The summed E-state index contributed by atoms with van der Waals surface area (Å²) < 4.78 is 100. The molecule has 0 unspecified atom stereocenters. The smallest absolute Gasteiger partial charge is 0.478 e. The number of aromatic carboxylic acids is 1. The highest BCUT2D eigenvalue weighted by Crippen LogP contribution is 2.56. The Morgan fingerprint density at radius 1 is 0.797 bits per heavy atom. The van der Waals surface area contributed by atoms with Crippen LogP contribution in [-0.4, -0.2) is 118 Å². The number of aromatic nitrogens is 1. The summed E-state index contributed by atoms with van der Waals surface area (Å²) in [5, 5.41) is 14.2. The lowest BCUT2D eigenvalue weighted by Crippen LogP contribution is -2.46. The van der Waals surface area contributed by atoms with Crippen LogP contribution in [0.25, 0.3) is 22.4 Å². The van der Waals surface area contributed by atoms with Crippen LogP contribution in [0.1, 0.15) is 42.4 Å². The maximum atomic E-state index is 15.0. The number of halogens is 4. The number of nitrogens with zero attached hydrogens (tertiary/aromatic N) is 5. The van der Waals surface area contributed by atoms with Gasteiger partial charge in [0.2, 0.25) is 0 Å². The molecule has 0 spiro atoms. The van der Waals surface area contributed by atoms with Gasteiger partial charge in [-0.25, -0.2) is 13.2 Å². The van der Waals surface area contributed by atoms with Gasteiger partial charge in [-0.1, -0.05) is 54.1 Å². The highest BCUT2D eigenvalue weighted by atomic mass is 35.5. The van der Waals surface area contributed by atoms with Gasteiger partial charge in [-0.3, -0.25) is 14.1 Å². The van der Waals surface area contributed by atoms with E-state index in [4.69, 9.17) is 20.9 Å². The lowest BCUT2D eigenvalue weighted by atomic mass is 9.96. The van der Waals surface area contributed by atoms with Gasteiger partial charge in [-0.05, 0) is 117 Å². The summed E-state index contributed by atoms with van der Waals surface area (Å²) in [6.07, 6.45) is 0.514. The van der Waals surface area contributed by atoms with E-state index in [-0.39, 0.29) is 35.7 Å². The molecule has 20 heteroatoms. The van der Waals surface area contributed by atoms with Gasteiger partial charge in [0.05, 0.1) is 48.6 Å². The van der Waals surface area contributed by atoms with Crippen molar-refractivity contribution in [3.05, 3.63) is 138 Å². The van der Waals surface area contributed by atoms with Gasteiger partial charge in [0.15, 0.2) is 0 Å². The third-order valence-electron chi connectivity index (χ3n) is 13.8. The molecule has 2 atom stereocenters. The number of nitrogens with one attached hydrogen (secondary N) is 1. The number of morpholine rings is 1. The Labute approximate surface area is 439 Å². The summed E-state index contributed by atoms with van der Waals surface area (Å²) in [6.45, 7) is 11.9. The van der Waals surface area contributed by atoms with Crippen LogP contribution in [0.5, 0.6) is 0 Å². The molecule has 74 heavy (non-hydrogen) atoms. The standard InChI is InChI=1S/C54H59ClF3N6O7PS2/c1-37(2)64-38(3)50(53(65)66)51(52(64)39-12-14-41(55)15-13-39)40-8-7-9-45(34-40)62-26-24-61(25-27-62)43-16-18-44(19-17-43)63-30-33-71-72(63,67)46-20-21-48(49(35-46)74(68,69)54(56,57)58)59-42(22-23-60-28-31-70-32-29-60)36-73-47-10-5-4-6-11-47/h4-21,34-35,37,42,59H,22-33,36H2,1-3H3,(H,65,66)/t42-,72+/m1/s1. The van der Waals surface area contributed by atoms with E-state index in [0.29, 0.717) is 93.2 Å². The van der Waals surface area contributed by atoms with E-state index in [1.807, 2.05) is 106 Å². The molecule has 3 saturated heterocycles. The van der Waals surface area contributed by atoms with E-state index in [9.17, 15) is 36.1 Å². The van der Waals surface area contributed by atoms with Crippen LogP contribution in [0, 0.1) is 6.92 Å². The number of sulfone groups is 1. The summed E-state index contributed by atoms with van der Waals surface area (Å²) in [4.78, 5) is 19.6. The monoisotopic (exact) mass is 1090 g/mol. The van der Waals surface area contributed by atoms with Crippen LogP contribution in [0.3, 0.4) is 0 Å². The Kier molecular flexibility index (Phi) is 16.2. The Morgan fingerprint density at radius 3 is 2.11 bits per heavy atom. The molecule has 0 aliphatic carbocycles. The zero-order valence-electron chi connectivity index (χ0n) is 41.3. The second-order valence-corrected chi connectivity index (χ2v) is 24.6. The summed E-state index contributed by atoms with van der Waals surface area (Å²) >= 11 is 7.79. The number of carbonyl (C=O) groups is 1. The van der Waals surface area contributed by atoms with Gasteiger partial charge < -0.3 is 34.1 Å². The molecular formula is C54H59ClF3N6O7PS2. The summed E-state index contributed by atoms with van der Waals surface area (Å²) in [7, 11) is -10.0. The van der Waals surface area contributed by atoms with Crippen molar-refractivity contribution in [3.8, 4) is 22.4 Å². The zero-order valence-corrected chi connectivity index (χ0v) is 44.6. The average molecular weight is 1090 g/mol. The van der Waals surface area contributed by atoms with Gasteiger partial charge in [0.1, 0.15) is 4.90 Å². The predicted octanol–water partition coefficient (Wildman–Crippen LogP) is 11.3. The normalized spacial score (nSPS) is 18.3. The number of piperazine rings is 1. The summed E-state index contributed by atoms with van der Waals surface area (Å²) in [6, 6.07) is 35.5. The maximum absolute atomic E-state index is 15.0. The van der Waals surface area contributed by atoms with Crippen LogP contribution < -0.4 is 25.1 Å². The van der Waals surface area contributed by atoms with Crippen molar-refractivity contribution in [2.24, 2.45) is 0 Å². The third-order valence-corrected chi connectivity index (χ3v) is 19.3. The lowest BCUT2D eigenvalue weighted by Gasteiger charge is -2.37. The molecule has 3 aliphatic heterocycles. The largest absolute Gasteiger partial charge is 0.501 e. The number of ether oxygens (including phenoxy) is 1. The first kappa shape index (κ1) is 53.4. The highest BCUT2D eigenvalue weighted by Gasteiger charge is 2.49. The highest BCUT2D eigenvalue weighted by molar-refractivity contribution is 7.99. The van der Waals surface area contributed by atoms with Crippen molar-refractivity contribution in [1.82, 2.24) is 9.47 Å². The molecule has 5 aromatic carbocycles. The number of rotatable bonds is 17. The number of carboxylic acids is 1. The number of anilines is 4. The molecule has 3 aliphatic rings. The number of alkyl halides is 3. The van der Waals surface area contributed by atoms with E-state index in [1.165, 1.54) is 28.6 Å². The van der Waals surface area contributed by atoms with Gasteiger partial charge in [0.25, 0.3) is 9.84 Å². The Hall–Kier alpha value is -5.46. The van der Waals surface area contributed by atoms with Gasteiger partial charge in [-0.2, -0.15) is 13.2 Å².